The number of alkyl halides is 1. The van der Waals surface area contributed by atoms with Crippen LogP contribution in [0.5, 0.6) is 0 Å². The zero-order valence-electron chi connectivity index (χ0n) is 13.4. The molecule has 1 amide bonds. The number of halogens is 1. The Morgan fingerprint density at radius 2 is 2.22 bits per heavy atom. The van der Waals surface area contributed by atoms with Gasteiger partial charge in [0.15, 0.2) is 5.69 Å². The van der Waals surface area contributed by atoms with Crippen LogP contribution in [0.1, 0.15) is 37.7 Å². The van der Waals surface area contributed by atoms with Gasteiger partial charge < -0.3 is 5.32 Å². The molecule has 1 fully saturated rings. The van der Waals surface area contributed by atoms with Crippen molar-refractivity contribution in [2.45, 2.75) is 52.0 Å². The number of aromatic nitrogens is 3. The van der Waals surface area contributed by atoms with Crippen molar-refractivity contribution < 1.29 is 17.6 Å². The first-order valence-electron chi connectivity index (χ1n) is 7.57. The van der Waals surface area contributed by atoms with E-state index in [1.165, 1.54) is 22.1 Å². The summed E-state index contributed by atoms with van der Waals surface area (Å²) in [7, 11) is -3.47. The summed E-state index contributed by atoms with van der Waals surface area (Å²) < 4.78 is 40.3. The third kappa shape index (κ3) is 4.25. The van der Waals surface area contributed by atoms with Gasteiger partial charge in [-0.3, -0.25) is 9.48 Å². The topological polar surface area (TPSA) is 97.2 Å². The van der Waals surface area contributed by atoms with Crippen molar-refractivity contribution >= 4 is 15.9 Å². The normalized spacial score (nSPS) is 22.7. The Morgan fingerprint density at radius 3 is 2.83 bits per heavy atom. The van der Waals surface area contributed by atoms with E-state index in [-0.39, 0.29) is 42.9 Å². The molecule has 1 N–H and O–H groups in total. The zero-order valence-corrected chi connectivity index (χ0v) is 14.3. The van der Waals surface area contributed by atoms with Crippen LogP contribution in [0.2, 0.25) is 0 Å². The highest BCUT2D eigenvalue weighted by Gasteiger charge is 2.39. The first-order chi connectivity index (χ1) is 10.7. The lowest BCUT2D eigenvalue weighted by molar-refractivity contribution is 0.0938. The van der Waals surface area contributed by atoms with Gasteiger partial charge in [0.25, 0.3) is 5.91 Å². The van der Waals surface area contributed by atoms with Crippen LogP contribution in [0.4, 0.5) is 4.39 Å². The van der Waals surface area contributed by atoms with Crippen molar-refractivity contribution in [1.29, 1.82) is 0 Å². The van der Waals surface area contributed by atoms with E-state index < -0.39 is 22.2 Å². The summed E-state index contributed by atoms with van der Waals surface area (Å²) in [6, 6.07) is -0.544. The van der Waals surface area contributed by atoms with Crippen LogP contribution in [-0.2, 0) is 16.6 Å². The third-order valence-corrected chi connectivity index (χ3v) is 5.52. The summed E-state index contributed by atoms with van der Waals surface area (Å²) in [5.74, 6) is -0.422. The Hall–Kier alpha value is -1.55. The lowest BCUT2D eigenvalue weighted by Crippen LogP contribution is -2.39. The molecule has 0 radical (unpaired) electrons. The summed E-state index contributed by atoms with van der Waals surface area (Å²) in [4.78, 5) is 11.8. The van der Waals surface area contributed by atoms with Crippen LogP contribution in [0, 0.1) is 0 Å². The Balaban J connectivity index is 2.09. The molecule has 0 spiro atoms. The van der Waals surface area contributed by atoms with E-state index in [0.717, 1.165) is 0 Å². The summed E-state index contributed by atoms with van der Waals surface area (Å²) in [6.07, 6.45) is 0.376. The predicted molar refractivity (Wildman–Crippen MR) is 82.1 cm³/mol. The maximum Gasteiger partial charge on any atom is 0.273 e. The van der Waals surface area contributed by atoms with Crippen molar-refractivity contribution in [3.8, 4) is 0 Å². The maximum absolute atomic E-state index is 13.7. The zero-order chi connectivity index (χ0) is 17.2. The number of carbonyl (C=O) groups is 1. The van der Waals surface area contributed by atoms with E-state index in [1.54, 1.807) is 0 Å². The first-order valence-corrected chi connectivity index (χ1v) is 9.18. The second kappa shape index (κ2) is 6.91. The summed E-state index contributed by atoms with van der Waals surface area (Å²) in [5, 5.41) is 10.3. The molecule has 1 aromatic rings. The van der Waals surface area contributed by atoms with Crippen LogP contribution in [0.15, 0.2) is 6.20 Å². The molecule has 8 nitrogen and oxygen atoms in total. The molecule has 10 heteroatoms. The largest absolute Gasteiger partial charge is 0.348 e. The molecule has 2 rings (SSSR count). The highest BCUT2D eigenvalue weighted by molar-refractivity contribution is 7.89. The number of hydrogen-bond donors (Lipinski definition) is 1. The van der Waals surface area contributed by atoms with Gasteiger partial charge in [-0.1, -0.05) is 5.21 Å². The van der Waals surface area contributed by atoms with Crippen molar-refractivity contribution in [3.05, 3.63) is 11.9 Å². The molecule has 0 bridgehead atoms. The lowest BCUT2D eigenvalue weighted by Gasteiger charge is -2.22. The van der Waals surface area contributed by atoms with Crippen LogP contribution in [-0.4, -0.2) is 64.2 Å². The van der Waals surface area contributed by atoms with Gasteiger partial charge in [-0.05, 0) is 27.2 Å². The molecule has 1 aliphatic rings. The molecule has 130 valence electrons. The quantitative estimate of drug-likeness (QED) is 0.792. The lowest BCUT2D eigenvalue weighted by atomic mass is 10.2. The number of carbonyl (C=O) groups excluding carboxylic acids is 1. The molecule has 0 aromatic carbocycles. The van der Waals surface area contributed by atoms with Gasteiger partial charge in [0.2, 0.25) is 10.0 Å². The average Bonchev–Trinajstić information content (AvgIpc) is 3.06. The minimum Gasteiger partial charge on any atom is -0.348 e. The summed E-state index contributed by atoms with van der Waals surface area (Å²) in [5.41, 5.74) is 0.151. The SMILES string of the molecule is CCS(=O)(=O)N1C[C@@H](F)C[C@H]1Cn1cc(C(=O)NC(C)C)nn1. The van der Waals surface area contributed by atoms with E-state index in [2.05, 4.69) is 15.6 Å². The Labute approximate surface area is 135 Å². The summed E-state index contributed by atoms with van der Waals surface area (Å²) in [6.45, 7) is 5.23. The highest BCUT2D eigenvalue weighted by atomic mass is 32.2. The minimum absolute atomic E-state index is 0.0278. The molecule has 2 atom stereocenters. The van der Waals surface area contributed by atoms with Crippen molar-refractivity contribution in [2.24, 2.45) is 0 Å². The number of nitrogens with zero attached hydrogens (tertiary/aromatic N) is 4. The van der Waals surface area contributed by atoms with E-state index in [1.807, 2.05) is 13.8 Å². The fourth-order valence-electron chi connectivity index (χ4n) is 2.55. The number of amides is 1. The average molecular weight is 347 g/mol. The van der Waals surface area contributed by atoms with Crippen molar-refractivity contribution in [3.63, 3.8) is 0 Å². The molecule has 0 saturated carbocycles. The molecule has 1 aromatic heterocycles. The Kier molecular flexibility index (Phi) is 5.35. The molecule has 0 unspecified atom stereocenters. The van der Waals surface area contributed by atoms with Crippen LogP contribution in [0.25, 0.3) is 0 Å². The number of sulfonamides is 1. The Morgan fingerprint density at radius 1 is 1.52 bits per heavy atom. The van der Waals surface area contributed by atoms with Crippen LogP contribution in [0.3, 0.4) is 0 Å². The van der Waals surface area contributed by atoms with Gasteiger partial charge in [-0.2, -0.15) is 4.31 Å². The van der Waals surface area contributed by atoms with Crippen LogP contribution >= 0.6 is 0 Å². The van der Waals surface area contributed by atoms with Gasteiger partial charge in [-0.15, -0.1) is 5.10 Å². The fraction of sp³-hybridized carbons (Fsp3) is 0.769. The summed E-state index contributed by atoms with van der Waals surface area (Å²) >= 11 is 0. The van der Waals surface area contributed by atoms with E-state index in [9.17, 15) is 17.6 Å². The van der Waals surface area contributed by atoms with Gasteiger partial charge in [0, 0.05) is 18.6 Å². The molecule has 0 aliphatic carbocycles. The minimum atomic E-state index is -3.47. The van der Waals surface area contributed by atoms with Crippen LogP contribution < -0.4 is 5.32 Å². The monoisotopic (exact) mass is 347 g/mol. The highest BCUT2D eigenvalue weighted by Crippen LogP contribution is 2.25. The molecule has 1 aliphatic heterocycles. The van der Waals surface area contributed by atoms with Gasteiger partial charge >= 0.3 is 0 Å². The maximum atomic E-state index is 13.7. The fourth-order valence-corrected chi connectivity index (χ4v) is 3.88. The number of rotatable bonds is 6. The second-order valence-electron chi connectivity index (χ2n) is 5.91. The molecule has 1 saturated heterocycles. The molecule has 23 heavy (non-hydrogen) atoms. The van der Waals surface area contributed by atoms with E-state index in [0.29, 0.717) is 0 Å². The molecular weight excluding hydrogens is 325 g/mol. The Bertz CT molecular complexity index is 660. The van der Waals surface area contributed by atoms with E-state index >= 15 is 0 Å². The van der Waals surface area contributed by atoms with Gasteiger partial charge in [0.1, 0.15) is 6.17 Å². The standard InChI is InChI=1S/C13H22FN5O3S/c1-4-23(21,22)19-6-10(14)5-11(19)7-18-8-12(16-17-18)13(20)15-9(2)3/h8-11H,4-7H2,1-3H3,(H,15,20)/t10-,11-/m0/s1. The number of nitrogens with one attached hydrogen (secondary N) is 1. The predicted octanol–water partition coefficient (Wildman–Crippen LogP) is 0.178. The second-order valence-corrected chi connectivity index (χ2v) is 8.12. The van der Waals surface area contributed by atoms with Gasteiger partial charge in [0.05, 0.1) is 18.5 Å². The van der Waals surface area contributed by atoms with Crippen molar-refractivity contribution in [1.82, 2.24) is 24.6 Å². The smallest absolute Gasteiger partial charge is 0.273 e. The third-order valence-electron chi connectivity index (χ3n) is 3.62. The number of hydrogen-bond acceptors (Lipinski definition) is 5. The van der Waals surface area contributed by atoms with E-state index in [4.69, 9.17) is 0 Å². The van der Waals surface area contributed by atoms with Crippen molar-refractivity contribution in [2.75, 3.05) is 12.3 Å². The van der Waals surface area contributed by atoms with Gasteiger partial charge in [-0.25, -0.2) is 12.8 Å². The molecule has 2 heterocycles. The molecular formula is C13H22FN5O3S. The first kappa shape index (κ1) is 17.8.